The first kappa shape index (κ1) is 10.8. The van der Waals surface area contributed by atoms with Crippen LogP contribution >= 0.6 is 11.6 Å². The maximum Gasteiger partial charge on any atom is 0.120 e. The first-order valence-electron chi connectivity index (χ1n) is 5.09. The van der Waals surface area contributed by atoms with Crippen LogP contribution in [0.3, 0.4) is 0 Å². The third-order valence-corrected chi connectivity index (χ3v) is 3.40. The zero-order valence-electron chi connectivity index (χ0n) is 9.01. The summed E-state index contributed by atoms with van der Waals surface area (Å²) in [6, 6.07) is 3.76. The lowest BCUT2D eigenvalue weighted by molar-refractivity contribution is 0.150. The zero-order chi connectivity index (χ0) is 11.1. The van der Waals surface area contributed by atoms with Gasteiger partial charge in [-0.15, -0.1) is 0 Å². The monoisotopic (exact) mass is 226 g/mol. The molecular formula is C12H15ClO2. The number of rotatable bonds is 3. The molecular weight excluding hydrogens is 212 g/mol. The number of ether oxygens (including phenoxy) is 1. The molecule has 0 saturated heterocycles. The summed E-state index contributed by atoms with van der Waals surface area (Å²) in [6.07, 6.45) is 2.46. The van der Waals surface area contributed by atoms with Gasteiger partial charge >= 0.3 is 0 Å². The molecule has 1 aromatic rings. The highest BCUT2D eigenvalue weighted by molar-refractivity contribution is 6.31. The van der Waals surface area contributed by atoms with Crippen molar-refractivity contribution in [2.75, 3.05) is 7.11 Å². The molecule has 0 aliphatic heterocycles. The second kappa shape index (κ2) is 3.69. The molecule has 0 bridgehead atoms. The Hall–Kier alpha value is -0.730. The predicted molar refractivity (Wildman–Crippen MR) is 60.6 cm³/mol. The van der Waals surface area contributed by atoms with E-state index in [1.165, 1.54) is 0 Å². The Kier molecular flexibility index (Phi) is 2.65. The van der Waals surface area contributed by atoms with Gasteiger partial charge in [0.25, 0.3) is 0 Å². The number of aliphatic hydroxyl groups is 1. The van der Waals surface area contributed by atoms with Crippen molar-refractivity contribution in [3.05, 3.63) is 28.3 Å². The number of methoxy groups -OCH3 is 1. The first-order valence-corrected chi connectivity index (χ1v) is 5.47. The molecule has 0 heterocycles. The second-order valence-corrected chi connectivity index (χ2v) is 4.70. The van der Waals surface area contributed by atoms with Crippen LogP contribution in [-0.2, 0) is 6.42 Å². The van der Waals surface area contributed by atoms with Crippen LogP contribution in [0.15, 0.2) is 12.1 Å². The highest BCUT2D eigenvalue weighted by Gasteiger charge is 2.40. The summed E-state index contributed by atoms with van der Waals surface area (Å²) < 4.78 is 5.16. The fourth-order valence-corrected chi connectivity index (χ4v) is 1.91. The zero-order valence-corrected chi connectivity index (χ0v) is 9.77. The highest BCUT2D eigenvalue weighted by atomic mass is 35.5. The Bertz CT molecular complexity index is 383. The molecule has 82 valence electrons. The average molecular weight is 227 g/mol. The molecule has 15 heavy (non-hydrogen) atoms. The summed E-state index contributed by atoms with van der Waals surface area (Å²) >= 11 is 6.09. The van der Waals surface area contributed by atoms with Gasteiger partial charge in [0.1, 0.15) is 5.75 Å². The third-order valence-electron chi connectivity index (χ3n) is 3.01. The molecule has 0 radical (unpaired) electrons. The van der Waals surface area contributed by atoms with E-state index in [0.717, 1.165) is 29.7 Å². The smallest absolute Gasteiger partial charge is 0.120 e. The van der Waals surface area contributed by atoms with Gasteiger partial charge in [-0.3, -0.25) is 0 Å². The van der Waals surface area contributed by atoms with Crippen LogP contribution in [-0.4, -0.2) is 17.8 Å². The molecule has 0 atom stereocenters. The van der Waals surface area contributed by atoms with Crippen molar-refractivity contribution in [2.45, 2.75) is 31.8 Å². The number of hydrogen-bond donors (Lipinski definition) is 1. The summed E-state index contributed by atoms with van der Waals surface area (Å²) in [7, 11) is 1.62. The quantitative estimate of drug-likeness (QED) is 0.859. The van der Waals surface area contributed by atoms with Crippen molar-refractivity contribution in [3.8, 4) is 5.75 Å². The number of hydrogen-bond acceptors (Lipinski definition) is 2. The summed E-state index contributed by atoms with van der Waals surface area (Å²) in [4.78, 5) is 0. The van der Waals surface area contributed by atoms with Crippen LogP contribution in [0.2, 0.25) is 5.02 Å². The van der Waals surface area contributed by atoms with Crippen LogP contribution in [0, 0.1) is 6.92 Å². The minimum absolute atomic E-state index is 0.486. The topological polar surface area (TPSA) is 29.5 Å². The summed E-state index contributed by atoms with van der Waals surface area (Å²) in [5, 5.41) is 10.6. The van der Waals surface area contributed by atoms with Crippen molar-refractivity contribution < 1.29 is 9.84 Å². The number of halogens is 1. The summed E-state index contributed by atoms with van der Waals surface area (Å²) in [5.74, 6) is 0.754. The third kappa shape index (κ3) is 2.27. The molecule has 2 rings (SSSR count). The SMILES string of the molecule is COc1cc(Cl)c(C)c(CC2(O)CC2)c1. The van der Waals surface area contributed by atoms with E-state index in [1.807, 2.05) is 13.0 Å². The Labute approximate surface area is 94.8 Å². The van der Waals surface area contributed by atoms with Gasteiger partial charge in [-0.2, -0.15) is 0 Å². The van der Waals surface area contributed by atoms with Crippen molar-refractivity contribution in [3.63, 3.8) is 0 Å². The van der Waals surface area contributed by atoms with E-state index >= 15 is 0 Å². The minimum atomic E-state index is -0.486. The van der Waals surface area contributed by atoms with Gasteiger partial charge in [-0.25, -0.2) is 0 Å². The number of benzene rings is 1. The molecule has 1 aromatic carbocycles. The maximum atomic E-state index is 9.88. The lowest BCUT2D eigenvalue weighted by Crippen LogP contribution is -2.12. The Morgan fingerprint density at radius 3 is 2.67 bits per heavy atom. The molecule has 1 fully saturated rings. The van der Waals surface area contributed by atoms with Crippen molar-refractivity contribution in [1.82, 2.24) is 0 Å². The maximum absolute atomic E-state index is 9.88. The van der Waals surface area contributed by atoms with Crippen molar-refractivity contribution in [2.24, 2.45) is 0 Å². The van der Waals surface area contributed by atoms with E-state index in [2.05, 4.69) is 0 Å². The minimum Gasteiger partial charge on any atom is -0.497 e. The molecule has 0 unspecified atom stereocenters. The standard InChI is InChI=1S/C12H15ClO2/c1-8-9(7-12(14)3-4-12)5-10(15-2)6-11(8)13/h5-6,14H,3-4,7H2,1-2H3. The first-order chi connectivity index (χ1) is 7.04. The molecule has 0 spiro atoms. The van der Waals surface area contributed by atoms with E-state index in [0.29, 0.717) is 11.4 Å². The van der Waals surface area contributed by atoms with E-state index in [4.69, 9.17) is 16.3 Å². The van der Waals surface area contributed by atoms with Crippen LogP contribution < -0.4 is 4.74 Å². The van der Waals surface area contributed by atoms with Gasteiger partial charge in [0.05, 0.1) is 12.7 Å². The fourth-order valence-electron chi connectivity index (χ4n) is 1.69. The average Bonchev–Trinajstić information content (AvgIpc) is 2.91. The molecule has 3 heteroatoms. The molecule has 0 amide bonds. The largest absolute Gasteiger partial charge is 0.497 e. The van der Waals surface area contributed by atoms with Gasteiger partial charge in [0.2, 0.25) is 0 Å². The molecule has 1 saturated carbocycles. The Morgan fingerprint density at radius 2 is 2.13 bits per heavy atom. The summed E-state index contributed by atoms with van der Waals surface area (Å²) in [6.45, 7) is 1.98. The molecule has 2 nitrogen and oxygen atoms in total. The van der Waals surface area contributed by atoms with Crippen LogP contribution in [0.5, 0.6) is 5.75 Å². The molecule has 0 aromatic heterocycles. The van der Waals surface area contributed by atoms with Crippen LogP contribution in [0.25, 0.3) is 0 Å². The fraction of sp³-hybridized carbons (Fsp3) is 0.500. The van der Waals surface area contributed by atoms with Gasteiger partial charge in [-0.1, -0.05) is 11.6 Å². The van der Waals surface area contributed by atoms with E-state index in [9.17, 15) is 5.11 Å². The van der Waals surface area contributed by atoms with Gasteiger partial charge in [0, 0.05) is 11.4 Å². The van der Waals surface area contributed by atoms with E-state index in [-0.39, 0.29) is 0 Å². The molecule has 1 aliphatic rings. The van der Waals surface area contributed by atoms with Crippen LogP contribution in [0.4, 0.5) is 0 Å². The summed E-state index contributed by atoms with van der Waals surface area (Å²) in [5.41, 5.74) is 1.64. The highest BCUT2D eigenvalue weighted by Crippen LogP contribution is 2.40. The lowest BCUT2D eigenvalue weighted by Gasteiger charge is -2.13. The Morgan fingerprint density at radius 1 is 1.47 bits per heavy atom. The Balaban J connectivity index is 2.31. The van der Waals surface area contributed by atoms with Gasteiger partial charge in [-0.05, 0) is 43.0 Å². The van der Waals surface area contributed by atoms with Gasteiger partial charge < -0.3 is 9.84 Å². The lowest BCUT2D eigenvalue weighted by atomic mass is 10.0. The predicted octanol–water partition coefficient (Wildman–Crippen LogP) is 2.72. The van der Waals surface area contributed by atoms with Gasteiger partial charge in [0.15, 0.2) is 0 Å². The van der Waals surface area contributed by atoms with Crippen molar-refractivity contribution >= 4 is 11.6 Å². The van der Waals surface area contributed by atoms with E-state index < -0.39 is 5.60 Å². The second-order valence-electron chi connectivity index (χ2n) is 4.29. The van der Waals surface area contributed by atoms with Crippen LogP contribution in [0.1, 0.15) is 24.0 Å². The molecule has 1 aliphatic carbocycles. The molecule has 1 N–H and O–H groups in total. The van der Waals surface area contributed by atoms with Crippen molar-refractivity contribution in [1.29, 1.82) is 0 Å². The van der Waals surface area contributed by atoms with E-state index in [1.54, 1.807) is 13.2 Å². The normalized spacial score (nSPS) is 17.6.